The molecule has 2 aliphatic heterocycles. The molecule has 9 nitrogen and oxygen atoms in total. The van der Waals surface area contributed by atoms with Gasteiger partial charge in [0.2, 0.25) is 11.8 Å². The van der Waals surface area contributed by atoms with Gasteiger partial charge < -0.3 is 20.4 Å². The number of benzene rings is 2. The van der Waals surface area contributed by atoms with Crippen molar-refractivity contribution in [2.45, 2.75) is 116 Å². The average molecular weight is 720 g/mol. The molecule has 284 valence electrons. The van der Waals surface area contributed by atoms with Crippen molar-refractivity contribution >= 4 is 23.2 Å². The van der Waals surface area contributed by atoms with Gasteiger partial charge in [0.1, 0.15) is 0 Å². The molecule has 3 heterocycles. The number of unbranched alkanes of at least 4 members (excludes halogenated alkanes) is 3. The van der Waals surface area contributed by atoms with E-state index in [0.717, 1.165) is 63.7 Å². The van der Waals surface area contributed by atoms with Crippen molar-refractivity contribution < 1.29 is 9.59 Å². The predicted octanol–water partition coefficient (Wildman–Crippen LogP) is 7.78. The first-order chi connectivity index (χ1) is 25.4. The number of para-hydroxylation sites is 2. The standard InChI is InChI=1S/C44H61N7O2/c1-34(52)45-29-18-16-21-35-33-50(48-47-35)31-20-30-46-41(53)27-11-9-19-32-51-39-25-15-13-23-37(39)43(4,5)44(51,6)28-17-8-10-26-40-42(2,3)36-22-12-14-24-38(36)49(40)7/h8,10,12-15,17,22-26,28,33H,9,11,16,18-21,27,29-32H2,1-7H3,(H,45,52)(H,46,53)/b10-8+,28-17+,40-26+. The summed E-state index contributed by atoms with van der Waals surface area (Å²) >= 11 is 0. The average Bonchev–Trinajstić information content (AvgIpc) is 3.71. The number of hydrogen-bond donors (Lipinski definition) is 2. The van der Waals surface area contributed by atoms with Crippen molar-refractivity contribution in [2.24, 2.45) is 0 Å². The normalized spacial score (nSPS) is 19.3. The number of carbonyl (C=O) groups is 2. The van der Waals surface area contributed by atoms with Crippen molar-refractivity contribution in [3.63, 3.8) is 0 Å². The van der Waals surface area contributed by atoms with Crippen LogP contribution in [0.1, 0.15) is 103 Å². The van der Waals surface area contributed by atoms with Gasteiger partial charge in [-0.3, -0.25) is 14.3 Å². The first kappa shape index (κ1) is 39.5. The Hall–Kier alpha value is -4.66. The van der Waals surface area contributed by atoms with Crippen LogP contribution >= 0.6 is 0 Å². The predicted molar refractivity (Wildman–Crippen MR) is 217 cm³/mol. The molecule has 3 aromatic rings. The second kappa shape index (κ2) is 17.4. The van der Waals surface area contributed by atoms with E-state index in [1.807, 2.05) is 10.9 Å². The highest BCUT2D eigenvalue weighted by Crippen LogP contribution is 2.52. The van der Waals surface area contributed by atoms with E-state index in [9.17, 15) is 9.59 Å². The van der Waals surface area contributed by atoms with E-state index in [-0.39, 0.29) is 28.2 Å². The number of aromatic nitrogens is 3. The summed E-state index contributed by atoms with van der Waals surface area (Å²) in [5.74, 6) is 0.118. The van der Waals surface area contributed by atoms with Crippen molar-refractivity contribution in [3.8, 4) is 0 Å². The van der Waals surface area contributed by atoms with E-state index in [2.05, 4.69) is 151 Å². The Kier molecular flexibility index (Phi) is 13.0. The quantitative estimate of drug-likeness (QED) is 0.103. The third-order valence-electron chi connectivity index (χ3n) is 11.5. The molecule has 9 heteroatoms. The Morgan fingerprint density at radius 3 is 2.25 bits per heavy atom. The fourth-order valence-corrected chi connectivity index (χ4v) is 8.05. The summed E-state index contributed by atoms with van der Waals surface area (Å²) < 4.78 is 1.85. The van der Waals surface area contributed by atoms with Gasteiger partial charge in [-0.05, 0) is 74.8 Å². The zero-order valence-corrected chi connectivity index (χ0v) is 33.1. The highest BCUT2D eigenvalue weighted by atomic mass is 16.2. The number of anilines is 2. The van der Waals surface area contributed by atoms with Crippen molar-refractivity contribution in [1.29, 1.82) is 0 Å². The van der Waals surface area contributed by atoms with Crippen LogP contribution in [0.2, 0.25) is 0 Å². The molecule has 2 N–H and O–H groups in total. The molecule has 5 rings (SSSR count). The number of aryl methyl sites for hydroxylation is 2. The van der Waals surface area contributed by atoms with Crippen molar-refractivity contribution in [1.82, 2.24) is 25.6 Å². The van der Waals surface area contributed by atoms with Gasteiger partial charge in [-0.15, -0.1) is 5.10 Å². The molecule has 0 saturated heterocycles. The van der Waals surface area contributed by atoms with Crippen LogP contribution in [0.3, 0.4) is 0 Å². The topological polar surface area (TPSA) is 95.4 Å². The highest BCUT2D eigenvalue weighted by molar-refractivity contribution is 5.75. The first-order valence-corrected chi connectivity index (χ1v) is 19.5. The van der Waals surface area contributed by atoms with Crippen LogP contribution in [0.5, 0.6) is 0 Å². The number of hydrogen-bond acceptors (Lipinski definition) is 6. The van der Waals surface area contributed by atoms with E-state index in [1.165, 1.54) is 35.1 Å². The minimum Gasteiger partial charge on any atom is -0.362 e. The third kappa shape index (κ3) is 9.11. The summed E-state index contributed by atoms with van der Waals surface area (Å²) in [6.07, 6.45) is 20.1. The Labute approximate surface area is 317 Å². The lowest BCUT2D eigenvalue weighted by atomic mass is 9.71. The summed E-state index contributed by atoms with van der Waals surface area (Å²) in [6, 6.07) is 17.5. The summed E-state index contributed by atoms with van der Waals surface area (Å²) in [6.45, 7) is 16.2. The van der Waals surface area contributed by atoms with E-state index in [4.69, 9.17) is 0 Å². The third-order valence-corrected chi connectivity index (χ3v) is 11.5. The molecule has 2 aromatic carbocycles. The number of rotatable bonds is 18. The number of allylic oxidation sites excluding steroid dienone is 5. The van der Waals surface area contributed by atoms with Crippen molar-refractivity contribution in [2.75, 3.05) is 36.5 Å². The van der Waals surface area contributed by atoms with E-state index in [0.29, 0.717) is 19.5 Å². The molecule has 0 fully saturated rings. The minimum atomic E-state index is -0.205. The molecular weight excluding hydrogens is 659 g/mol. The van der Waals surface area contributed by atoms with E-state index < -0.39 is 0 Å². The van der Waals surface area contributed by atoms with Gasteiger partial charge in [0.05, 0.1) is 11.2 Å². The van der Waals surface area contributed by atoms with E-state index in [1.54, 1.807) is 0 Å². The largest absolute Gasteiger partial charge is 0.362 e. The lowest BCUT2D eigenvalue weighted by Crippen LogP contribution is -2.52. The second-order valence-corrected chi connectivity index (χ2v) is 15.9. The maximum Gasteiger partial charge on any atom is 0.219 e. The molecule has 1 unspecified atom stereocenters. The van der Waals surface area contributed by atoms with Crippen LogP contribution in [-0.4, -0.2) is 59.0 Å². The van der Waals surface area contributed by atoms with Gasteiger partial charge in [0.15, 0.2) is 0 Å². The lowest BCUT2D eigenvalue weighted by Gasteiger charge is -2.43. The first-order valence-electron chi connectivity index (χ1n) is 19.5. The number of amides is 2. The van der Waals surface area contributed by atoms with Gasteiger partial charge in [0, 0.05) is 80.7 Å². The molecule has 53 heavy (non-hydrogen) atoms. The second-order valence-electron chi connectivity index (χ2n) is 15.9. The zero-order chi connectivity index (χ0) is 38.1. The maximum atomic E-state index is 12.6. The van der Waals surface area contributed by atoms with Crippen LogP contribution in [0.15, 0.2) is 90.8 Å². The number of likely N-dealkylation sites (N-methyl/N-ethyl adjacent to an activating group) is 1. The van der Waals surface area contributed by atoms with Crippen LogP contribution in [0.4, 0.5) is 11.4 Å². The van der Waals surface area contributed by atoms with Gasteiger partial charge in [-0.1, -0.05) is 100 Å². The zero-order valence-electron chi connectivity index (χ0n) is 33.1. The Bertz CT molecular complexity index is 1800. The summed E-state index contributed by atoms with van der Waals surface area (Å²) in [4.78, 5) is 28.5. The number of carbonyl (C=O) groups excluding carboxylic acids is 2. The van der Waals surface area contributed by atoms with E-state index >= 15 is 0 Å². The van der Waals surface area contributed by atoms with Gasteiger partial charge >= 0.3 is 0 Å². The molecular formula is C44H61N7O2. The molecule has 0 saturated carbocycles. The Balaban J connectivity index is 1.07. The smallest absolute Gasteiger partial charge is 0.219 e. The number of nitrogens with zero attached hydrogens (tertiary/aromatic N) is 5. The monoisotopic (exact) mass is 719 g/mol. The maximum absolute atomic E-state index is 12.6. The molecule has 0 bridgehead atoms. The molecule has 0 aliphatic carbocycles. The fraction of sp³-hybridized carbons (Fsp3) is 0.500. The molecule has 2 amide bonds. The molecule has 1 aromatic heterocycles. The van der Waals surface area contributed by atoms with Crippen LogP contribution in [-0.2, 0) is 33.4 Å². The van der Waals surface area contributed by atoms with Crippen LogP contribution < -0.4 is 20.4 Å². The molecule has 0 spiro atoms. The molecule has 0 radical (unpaired) electrons. The van der Waals surface area contributed by atoms with Gasteiger partial charge in [-0.2, -0.15) is 0 Å². The Morgan fingerprint density at radius 2 is 1.49 bits per heavy atom. The number of nitrogens with one attached hydrogen (secondary N) is 2. The highest BCUT2D eigenvalue weighted by Gasteiger charge is 2.51. The summed E-state index contributed by atoms with van der Waals surface area (Å²) in [7, 11) is 2.16. The van der Waals surface area contributed by atoms with Gasteiger partial charge in [0.25, 0.3) is 0 Å². The lowest BCUT2D eigenvalue weighted by molar-refractivity contribution is -0.121. The number of fused-ring (bicyclic) bond motifs is 2. The molecule has 2 aliphatic rings. The minimum absolute atomic E-state index is 0.00485. The summed E-state index contributed by atoms with van der Waals surface area (Å²) in [5, 5.41) is 14.4. The Morgan fingerprint density at radius 1 is 0.774 bits per heavy atom. The molecule has 1 atom stereocenters. The summed E-state index contributed by atoms with van der Waals surface area (Å²) in [5.41, 5.74) is 7.26. The fourth-order valence-electron chi connectivity index (χ4n) is 8.05. The van der Waals surface area contributed by atoms with Crippen molar-refractivity contribution in [3.05, 3.63) is 108 Å². The van der Waals surface area contributed by atoms with Crippen LogP contribution in [0.25, 0.3) is 0 Å². The van der Waals surface area contributed by atoms with Gasteiger partial charge in [-0.25, -0.2) is 0 Å². The van der Waals surface area contributed by atoms with Crippen LogP contribution in [0, 0.1) is 0 Å². The SMILES string of the molecule is CC(=O)NCCCCc1cn(CCCNC(=O)CCCCCN2c3ccccc3C(C)(C)C2(C)/C=C/C=C/C=C2/N(C)c3ccccc3C2(C)C)nn1.